The molecule has 4 nitrogen and oxygen atoms in total. The molecule has 0 saturated heterocycles. The first-order chi connectivity index (χ1) is 9.10. The Morgan fingerprint density at radius 3 is 2.63 bits per heavy atom. The normalized spacial score (nSPS) is 11.2. The maximum absolute atomic E-state index is 9.31. The van der Waals surface area contributed by atoms with Crippen LogP contribution in [0.5, 0.6) is 0 Å². The van der Waals surface area contributed by atoms with E-state index in [0.29, 0.717) is 18.2 Å². The van der Waals surface area contributed by atoms with Crippen molar-refractivity contribution in [1.82, 2.24) is 14.8 Å². The molecular weight excluding hydrogens is 262 g/mol. The van der Waals surface area contributed by atoms with E-state index in [2.05, 4.69) is 24.0 Å². The summed E-state index contributed by atoms with van der Waals surface area (Å²) in [5.41, 5.74) is 1.09. The molecule has 5 heteroatoms. The number of benzene rings is 1. The predicted molar refractivity (Wildman–Crippen MR) is 75.0 cm³/mol. The fraction of sp³-hybridized carbons (Fsp3) is 0.429. The van der Waals surface area contributed by atoms with Gasteiger partial charge in [0.05, 0.1) is 0 Å². The van der Waals surface area contributed by atoms with E-state index in [4.69, 9.17) is 11.6 Å². The molecule has 0 radical (unpaired) electrons. The van der Waals surface area contributed by atoms with E-state index in [1.165, 1.54) is 0 Å². The monoisotopic (exact) mass is 279 g/mol. The lowest BCUT2D eigenvalue weighted by molar-refractivity contribution is 0.261. The molecule has 0 bridgehead atoms. The SMILES string of the molecule is CC(C)Cn1c(CO)nnc1Cc1cccc(Cl)c1. The van der Waals surface area contributed by atoms with E-state index in [1.807, 2.05) is 28.8 Å². The molecule has 0 amide bonds. The minimum atomic E-state index is -0.0880. The van der Waals surface area contributed by atoms with Gasteiger partial charge in [0, 0.05) is 18.0 Å². The number of aliphatic hydroxyl groups excluding tert-OH is 1. The van der Waals surface area contributed by atoms with Crippen LogP contribution in [0.1, 0.15) is 31.1 Å². The Balaban J connectivity index is 2.27. The smallest absolute Gasteiger partial charge is 0.158 e. The van der Waals surface area contributed by atoms with Crippen LogP contribution >= 0.6 is 11.6 Å². The van der Waals surface area contributed by atoms with Crippen LogP contribution in [0.15, 0.2) is 24.3 Å². The van der Waals surface area contributed by atoms with E-state index in [1.54, 1.807) is 0 Å². The van der Waals surface area contributed by atoms with Gasteiger partial charge in [0.2, 0.25) is 0 Å². The molecular formula is C14H18ClN3O. The highest BCUT2D eigenvalue weighted by Gasteiger charge is 2.13. The Hall–Kier alpha value is -1.39. The van der Waals surface area contributed by atoms with Crippen molar-refractivity contribution in [2.75, 3.05) is 0 Å². The van der Waals surface area contributed by atoms with Gasteiger partial charge in [-0.2, -0.15) is 0 Å². The van der Waals surface area contributed by atoms with Crippen molar-refractivity contribution in [2.24, 2.45) is 5.92 Å². The summed E-state index contributed by atoms with van der Waals surface area (Å²) in [6.07, 6.45) is 0.667. The van der Waals surface area contributed by atoms with E-state index < -0.39 is 0 Å². The van der Waals surface area contributed by atoms with Gasteiger partial charge in [-0.15, -0.1) is 10.2 Å². The quantitative estimate of drug-likeness (QED) is 0.915. The predicted octanol–water partition coefficient (Wildman–Crippen LogP) is 2.67. The number of nitrogens with zero attached hydrogens (tertiary/aromatic N) is 3. The third-order valence-electron chi connectivity index (χ3n) is 2.84. The molecule has 0 aliphatic carbocycles. The summed E-state index contributed by atoms with van der Waals surface area (Å²) in [5, 5.41) is 18.2. The van der Waals surface area contributed by atoms with Gasteiger partial charge in [0.15, 0.2) is 5.82 Å². The highest BCUT2D eigenvalue weighted by atomic mass is 35.5. The van der Waals surface area contributed by atoms with Gasteiger partial charge >= 0.3 is 0 Å². The van der Waals surface area contributed by atoms with Gasteiger partial charge in [-0.3, -0.25) is 0 Å². The zero-order chi connectivity index (χ0) is 13.8. The Kier molecular flexibility index (Phi) is 4.56. The topological polar surface area (TPSA) is 50.9 Å². The van der Waals surface area contributed by atoms with Gasteiger partial charge in [-0.05, 0) is 23.6 Å². The number of hydrogen-bond acceptors (Lipinski definition) is 3. The van der Waals surface area contributed by atoms with E-state index in [9.17, 15) is 5.11 Å². The largest absolute Gasteiger partial charge is 0.388 e. The summed E-state index contributed by atoms with van der Waals surface area (Å²) in [6.45, 7) is 4.97. The van der Waals surface area contributed by atoms with Crippen LogP contribution in [0.2, 0.25) is 5.02 Å². The lowest BCUT2D eigenvalue weighted by Crippen LogP contribution is -2.12. The average Bonchev–Trinajstić information content (AvgIpc) is 2.71. The highest BCUT2D eigenvalue weighted by molar-refractivity contribution is 6.30. The second-order valence-corrected chi connectivity index (χ2v) is 5.44. The van der Waals surface area contributed by atoms with E-state index >= 15 is 0 Å². The lowest BCUT2D eigenvalue weighted by atomic mass is 10.1. The fourth-order valence-corrected chi connectivity index (χ4v) is 2.24. The summed E-state index contributed by atoms with van der Waals surface area (Å²) >= 11 is 5.98. The van der Waals surface area contributed by atoms with Crippen LogP contribution in [-0.4, -0.2) is 19.9 Å². The maximum atomic E-state index is 9.31. The van der Waals surface area contributed by atoms with E-state index in [-0.39, 0.29) is 6.61 Å². The molecule has 102 valence electrons. The number of hydrogen-bond donors (Lipinski definition) is 1. The van der Waals surface area contributed by atoms with Crippen molar-refractivity contribution in [3.63, 3.8) is 0 Å². The highest BCUT2D eigenvalue weighted by Crippen LogP contribution is 2.15. The Morgan fingerprint density at radius 2 is 2.00 bits per heavy atom. The average molecular weight is 280 g/mol. The molecule has 0 saturated carbocycles. The van der Waals surface area contributed by atoms with Crippen molar-refractivity contribution < 1.29 is 5.11 Å². The van der Waals surface area contributed by atoms with Crippen LogP contribution in [-0.2, 0) is 19.6 Å². The van der Waals surface area contributed by atoms with Gasteiger partial charge in [-0.1, -0.05) is 37.6 Å². The molecule has 0 unspecified atom stereocenters. The second kappa shape index (κ2) is 6.17. The van der Waals surface area contributed by atoms with Gasteiger partial charge < -0.3 is 9.67 Å². The molecule has 1 heterocycles. The van der Waals surface area contributed by atoms with Crippen molar-refractivity contribution in [3.8, 4) is 0 Å². The summed E-state index contributed by atoms with van der Waals surface area (Å²) in [5.74, 6) is 1.95. The maximum Gasteiger partial charge on any atom is 0.158 e. The molecule has 0 aliphatic rings. The van der Waals surface area contributed by atoms with Crippen LogP contribution in [0, 0.1) is 5.92 Å². The van der Waals surface area contributed by atoms with Crippen molar-refractivity contribution in [3.05, 3.63) is 46.5 Å². The molecule has 1 aromatic carbocycles. The van der Waals surface area contributed by atoms with Crippen LogP contribution in [0.3, 0.4) is 0 Å². The first-order valence-corrected chi connectivity index (χ1v) is 6.74. The Morgan fingerprint density at radius 1 is 1.26 bits per heavy atom. The minimum absolute atomic E-state index is 0.0880. The molecule has 0 aliphatic heterocycles. The lowest BCUT2D eigenvalue weighted by Gasteiger charge is -2.11. The van der Waals surface area contributed by atoms with Crippen molar-refractivity contribution >= 4 is 11.6 Å². The van der Waals surface area contributed by atoms with Crippen LogP contribution in [0.25, 0.3) is 0 Å². The minimum Gasteiger partial charge on any atom is -0.388 e. The first-order valence-electron chi connectivity index (χ1n) is 6.36. The summed E-state index contributed by atoms with van der Waals surface area (Å²) < 4.78 is 1.99. The van der Waals surface area contributed by atoms with Crippen LogP contribution < -0.4 is 0 Å². The van der Waals surface area contributed by atoms with Gasteiger partial charge in [-0.25, -0.2) is 0 Å². The molecule has 1 N–H and O–H groups in total. The number of aliphatic hydroxyl groups is 1. The zero-order valence-corrected chi connectivity index (χ0v) is 11.9. The second-order valence-electron chi connectivity index (χ2n) is 5.00. The number of halogens is 1. The summed E-state index contributed by atoms with van der Waals surface area (Å²) in [7, 11) is 0. The van der Waals surface area contributed by atoms with Crippen LogP contribution in [0.4, 0.5) is 0 Å². The molecule has 1 aromatic heterocycles. The van der Waals surface area contributed by atoms with Gasteiger partial charge in [0.25, 0.3) is 0 Å². The zero-order valence-electron chi connectivity index (χ0n) is 11.2. The van der Waals surface area contributed by atoms with E-state index in [0.717, 1.165) is 23.0 Å². The molecule has 0 fully saturated rings. The third kappa shape index (κ3) is 3.55. The molecule has 2 aromatic rings. The van der Waals surface area contributed by atoms with Crippen molar-refractivity contribution in [1.29, 1.82) is 0 Å². The molecule has 19 heavy (non-hydrogen) atoms. The summed E-state index contributed by atoms with van der Waals surface area (Å²) in [6, 6.07) is 7.71. The summed E-state index contributed by atoms with van der Waals surface area (Å²) in [4.78, 5) is 0. The van der Waals surface area contributed by atoms with Gasteiger partial charge in [0.1, 0.15) is 12.4 Å². The fourth-order valence-electron chi connectivity index (χ4n) is 2.03. The molecule has 0 atom stereocenters. The van der Waals surface area contributed by atoms with Crippen molar-refractivity contribution in [2.45, 2.75) is 33.4 Å². The standard InChI is InChI=1S/C14H18ClN3O/c1-10(2)8-18-13(16-17-14(18)9-19)7-11-4-3-5-12(15)6-11/h3-6,10,19H,7-9H2,1-2H3. The number of aromatic nitrogens is 3. The third-order valence-corrected chi connectivity index (χ3v) is 3.08. The molecule has 0 spiro atoms. The first kappa shape index (κ1) is 14.0. The molecule has 2 rings (SSSR count). The number of rotatable bonds is 5. The Labute approximate surface area is 118 Å². The Bertz CT molecular complexity index is 551.